The molecule has 0 aromatic heterocycles. The second-order valence-electron chi connectivity index (χ2n) is 3.87. The molecule has 0 heterocycles. The number of carbonyl (C=O) groups excluding carboxylic acids is 1. The van der Waals surface area contributed by atoms with Crippen LogP contribution in [0.1, 0.15) is 41.0 Å². The average Bonchev–Trinajstić information content (AvgIpc) is 1.99. The molecule has 0 N–H and O–H groups in total. The van der Waals surface area contributed by atoms with E-state index in [0.29, 0.717) is 0 Å². The fourth-order valence-electron chi connectivity index (χ4n) is 0.426. The zero-order valence-electron chi connectivity index (χ0n) is 8.92. The van der Waals surface area contributed by atoms with Crippen LogP contribution in [0.2, 0.25) is 0 Å². The molecule has 0 radical (unpaired) electrons. The summed E-state index contributed by atoms with van der Waals surface area (Å²) in [5.74, 6) is 0. The van der Waals surface area contributed by atoms with Crippen molar-refractivity contribution in [1.82, 2.24) is 0 Å². The SMILES string of the molecule is CCC(C)OC(=O)OOC(C)(C)C. The van der Waals surface area contributed by atoms with Crippen LogP contribution in [-0.2, 0) is 14.5 Å². The van der Waals surface area contributed by atoms with Crippen LogP contribution < -0.4 is 0 Å². The van der Waals surface area contributed by atoms with Gasteiger partial charge in [0, 0.05) is 0 Å². The summed E-state index contributed by atoms with van der Waals surface area (Å²) in [5, 5.41) is 0. The fourth-order valence-corrected chi connectivity index (χ4v) is 0.426. The third-order valence-electron chi connectivity index (χ3n) is 1.23. The molecule has 0 amide bonds. The maximum absolute atomic E-state index is 10.9. The van der Waals surface area contributed by atoms with E-state index < -0.39 is 11.8 Å². The van der Waals surface area contributed by atoms with Gasteiger partial charge in [0.1, 0.15) is 11.7 Å². The van der Waals surface area contributed by atoms with Gasteiger partial charge < -0.3 is 4.74 Å². The molecule has 4 heteroatoms. The van der Waals surface area contributed by atoms with Gasteiger partial charge in [0.25, 0.3) is 0 Å². The summed E-state index contributed by atoms with van der Waals surface area (Å²) in [4.78, 5) is 20.1. The molecule has 1 atom stereocenters. The summed E-state index contributed by atoms with van der Waals surface area (Å²) in [6.07, 6.45) is -0.176. The summed E-state index contributed by atoms with van der Waals surface area (Å²) >= 11 is 0. The lowest BCUT2D eigenvalue weighted by Crippen LogP contribution is -2.24. The minimum absolute atomic E-state index is 0.143. The molecule has 0 rings (SSSR count). The molecule has 1 unspecified atom stereocenters. The Kier molecular flexibility index (Phi) is 4.77. The number of rotatable bonds is 3. The molecule has 0 spiro atoms. The molecular weight excluding hydrogens is 172 g/mol. The highest BCUT2D eigenvalue weighted by Crippen LogP contribution is 2.08. The van der Waals surface area contributed by atoms with Gasteiger partial charge in [-0.2, -0.15) is 4.89 Å². The topological polar surface area (TPSA) is 44.8 Å². The molecule has 0 aromatic carbocycles. The number of hydrogen-bond acceptors (Lipinski definition) is 4. The van der Waals surface area contributed by atoms with Gasteiger partial charge in [-0.05, 0) is 34.1 Å². The summed E-state index contributed by atoms with van der Waals surface area (Å²) in [6, 6.07) is 0. The van der Waals surface area contributed by atoms with E-state index in [4.69, 9.17) is 9.62 Å². The zero-order valence-corrected chi connectivity index (χ0v) is 8.92. The van der Waals surface area contributed by atoms with Gasteiger partial charge in [-0.1, -0.05) is 6.92 Å². The third-order valence-corrected chi connectivity index (χ3v) is 1.23. The summed E-state index contributed by atoms with van der Waals surface area (Å²) in [7, 11) is 0. The van der Waals surface area contributed by atoms with Crippen LogP contribution >= 0.6 is 0 Å². The Bertz CT molecular complexity index is 159. The van der Waals surface area contributed by atoms with Crippen molar-refractivity contribution < 1.29 is 19.3 Å². The van der Waals surface area contributed by atoms with Crippen LogP contribution in [0.25, 0.3) is 0 Å². The van der Waals surface area contributed by atoms with E-state index in [1.54, 1.807) is 27.7 Å². The predicted molar refractivity (Wildman–Crippen MR) is 48.2 cm³/mol. The zero-order chi connectivity index (χ0) is 10.5. The molecule has 13 heavy (non-hydrogen) atoms. The number of ether oxygens (including phenoxy) is 1. The monoisotopic (exact) mass is 190 g/mol. The van der Waals surface area contributed by atoms with E-state index in [1.807, 2.05) is 6.92 Å². The van der Waals surface area contributed by atoms with Gasteiger partial charge >= 0.3 is 6.16 Å². The predicted octanol–water partition coefficient (Wildman–Crippen LogP) is 2.67. The van der Waals surface area contributed by atoms with E-state index in [-0.39, 0.29) is 6.10 Å². The van der Waals surface area contributed by atoms with Crippen LogP contribution in [0.15, 0.2) is 0 Å². The molecule has 0 aliphatic heterocycles. The molecule has 4 nitrogen and oxygen atoms in total. The normalized spacial score (nSPS) is 13.6. The average molecular weight is 190 g/mol. The van der Waals surface area contributed by atoms with Crippen LogP contribution in [0.5, 0.6) is 0 Å². The Morgan fingerprint density at radius 1 is 1.38 bits per heavy atom. The highest BCUT2D eigenvalue weighted by atomic mass is 17.2. The molecule has 0 bridgehead atoms. The van der Waals surface area contributed by atoms with Gasteiger partial charge in [0.2, 0.25) is 0 Å². The van der Waals surface area contributed by atoms with Gasteiger partial charge in [0.05, 0.1) is 0 Å². The molecule has 0 fully saturated rings. The van der Waals surface area contributed by atoms with Crippen molar-refractivity contribution in [1.29, 1.82) is 0 Å². The Morgan fingerprint density at radius 2 is 1.92 bits per heavy atom. The maximum atomic E-state index is 10.9. The lowest BCUT2D eigenvalue weighted by atomic mass is 10.2. The van der Waals surface area contributed by atoms with Gasteiger partial charge in [-0.15, -0.1) is 0 Å². The number of hydrogen-bond donors (Lipinski definition) is 0. The molecule has 0 saturated heterocycles. The molecule has 0 saturated carbocycles. The molecule has 0 aliphatic carbocycles. The Hall–Kier alpha value is -0.770. The third kappa shape index (κ3) is 7.59. The summed E-state index contributed by atoms with van der Waals surface area (Å²) in [6.45, 7) is 9.05. The smallest absolute Gasteiger partial charge is 0.429 e. The maximum Gasteiger partial charge on any atom is 0.540 e. The largest absolute Gasteiger partial charge is 0.540 e. The fraction of sp³-hybridized carbons (Fsp3) is 0.889. The second kappa shape index (κ2) is 5.07. The van der Waals surface area contributed by atoms with Gasteiger partial charge in [0.15, 0.2) is 0 Å². The first kappa shape index (κ1) is 12.2. The second-order valence-corrected chi connectivity index (χ2v) is 3.87. The highest BCUT2D eigenvalue weighted by molar-refractivity contribution is 5.59. The lowest BCUT2D eigenvalue weighted by molar-refractivity contribution is -0.313. The Labute approximate surface area is 79.1 Å². The highest BCUT2D eigenvalue weighted by Gasteiger charge is 2.17. The minimum atomic E-state index is -0.788. The van der Waals surface area contributed by atoms with Crippen LogP contribution in [0.3, 0.4) is 0 Å². The van der Waals surface area contributed by atoms with E-state index in [0.717, 1.165) is 6.42 Å². The Morgan fingerprint density at radius 3 is 2.31 bits per heavy atom. The molecule has 0 aliphatic rings. The van der Waals surface area contributed by atoms with Crippen molar-refractivity contribution in [3.05, 3.63) is 0 Å². The minimum Gasteiger partial charge on any atom is -0.429 e. The van der Waals surface area contributed by atoms with E-state index in [1.165, 1.54) is 0 Å². The van der Waals surface area contributed by atoms with Crippen molar-refractivity contribution in [2.45, 2.75) is 52.7 Å². The quantitative estimate of drug-likeness (QED) is 0.390. The first-order chi connectivity index (χ1) is 5.85. The van der Waals surface area contributed by atoms with Crippen molar-refractivity contribution in [2.75, 3.05) is 0 Å². The Balaban J connectivity index is 3.64. The van der Waals surface area contributed by atoms with Crippen molar-refractivity contribution in [3.8, 4) is 0 Å². The number of carbonyl (C=O) groups is 1. The molecule has 78 valence electrons. The van der Waals surface area contributed by atoms with Gasteiger partial charge in [-0.3, -0.25) is 4.89 Å². The van der Waals surface area contributed by atoms with Crippen LogP contribution in [0, 0.1) is 0 Å². The molecular formula is C9H18O4. The van der Waals surface area contributed by atoms with Crippen LogP contribution in [-0.4, -0.2) is 17.9 Å². The van der Waals surface area contributed by atoms with E-state index >= 15 is 0 Å². The first-order valence-corrected chi connectivity index (χ1v) is 4.41. The standard InChI is InChI=1S/C9H18O4/c1-6-7(2)11-8(10)12-13-9(3,4)5/h7H,6H2,1-5H3. The lowest BCUT2D eigenvalue weighted by Gasteiger charge is -2.17. The van der Waals surface area contributed by atoms with Crippen molar-refractivity contribution in [3.63, 3.8) is 0 Å². The van der Waals surface area contributed by atoms with Gasteiger partial charge in [-0.25, -0.2) is 4.79 Å². The molecule has 0 aromatic rings. The van der Waals surface area contributed by atoms with Crippen LogP contribution in [0.4, 0.5) is 4.79 Å². The van der Waals surface area contributed by atoms with E-state index in [9.17, 15) is 4.79 Å². The van der Waals surface area contributed by atoms with E-state index in [2.05, 4.69) is 4.89 Å². The first-order valence-electron chi connectivity index (χ1n) is 4.41. The summed E-state index contributed by atoms with van der Waals surface area (Å²) in [5.41, 5.74) is -0.505. The van der Waals surface area contributed by atoms with Crippen molar-refractivity contribution in [2.24, 2.45) is 0 Å². The summed E-state index contributed by atoms with van der Waals surface area (Å²) < 4.78 is 4.81. The van der Waals surface area contributed by atoms with Crippen molar-refractivity contribution >= 4 is 6.16 Å².